The summed E-state index contributed by atoms with van der Waals surface area (Å²) in [5, 5.41) is 12.0. The highest BCUT2D eigenvalue weighted by Crippen LogP contribution is 2.17. The molecule has 0 aliphatic carbocycles. The van der Waals surface area contributed by atoms with Crippen molar-refractivity contribution in [2.24, 2.45) is 0 Å². The number of hydrogen-bond donors (Lipinski definition) is 2. The fourth-order valence-corrected chi connectivity index (χ4v) is 2.54. The Morgan fingerprint density at radius 1 is 1.12 bits per heavy atom. The smallest absolute Gasteiger partial charge is 0.326 e. The van der Waals surface area contributed by atoms with Crippen molar-refractivity contribution in [2.45, 2.75) is 25.5 Å². The van der Waals surface area contributed by atoms with Gasteiger partial charge in [0.25, 0.3) is 5.91 Å². The number of hydrogen-bond acceptors (Lipinski definition) is 3. The van der Waals surface area contributed by atoms with Gasteiger partial charge >= 0.3 is 5.97 Å². The summed E-state index contributed by atoms with van der Waals surface area (Å²) < 4.78 is 5.24. The number of aryl methyl sites for hydroxylation is 1. The highest BCUT2D eigenvalue weighted by molar-refractivity contribution is 5.87. The predicted molar refractivity (Wildman–Crippen MR) is 90.6 cm³/mol. The minimum Gasteiger partial charge on any atom is -0.480 e. The molecule has 1 amide bonds. The van der Waals surface area contributed by atoms with Crippen LogP contribution in [0.4, 0.5) is 0 Å². The first kappa shape index (κ1) is 17.7. The number of carbonyl (C=O) groups is 2. The molecule has 0 heterocycles. The van der Waals surface area contributed by atoms with Gasteiger partial charge in [0.1, 0.15) is 6.04 Å². The zero-order chi connectivity index (χ0) is 17.5. The van der Waals surface area contributed by atoms with Crippen LogP contribution < -0.4 is 5.32 Å². The minimum absolute atomic E-state index is 0.216. The highest BCUT2D eigenvalue weighted by atomic mass is 16.5. The lowest BCUT2D eigenvalue weighted by Crippen LogP contribution is -2.44. The number of amides is 1. The number of carbonyl (C=O) groups excluding carboxylic acids is 1. The maximum Gasteiger partial charge on any atom is 0.326 e. The van der Waals surface area contributed by atoms with Crippen LogP contribution in [0.2, 0.25) is 0 Å². The molecular formula is C19H21NO4. The summed E-state index contributed by atoms with van der Waals surface area (Å²) in [7, 11) is 1.42. The van der Waals surface area contributed by atoms with Crippen molar-refractivity contribution in [3.8, 4) is 0 Å². The number of nitrogens with one attached hydrogen (secondary N) is 1. The number of benzene rings is 2. The predicted octanol–water partition coefficient (Wildman–Crippen LogP) is 2.49. The van der Waals surface area contributed by atoms with Crippen molar-refractivity contribution in [3.05, 3.63) is 71.3 Å². The molecule has 2 rings (SSSR count). The van der Waals surface area contributed by atoms with E-state index >= 15 is 0 Å². The fraction of sp³-hybridized carbons (Fsp3) is 0.263. The molecule has 0 aliphatic heterocycles. The van der Waals surface area contributed by atoms with Gasteiger partial charge < -0.3 is 15.2 Å². The number of carboxylic acid groups (broad SMARTS) is 1. The first-order valence-corrected chi connectivity index (χ1v) is 7.67. The zero-order valence-corrected chi connectivity index (χ0v) is 13.7. The van der Waals surface area contributed by atoms with E-state index in [2.05, 4.69) is 5.32 Å². The third-order valence-electron chi connectivity index (χ3n) is 3.71. The van der Waals surface area contributed by atoms with Gasteiger partial charge in [0.05, 0.1) is 0 Å². The van der Waals surface area contributed by atoms with Crippen molar-refractivity contribution in [2.75, 3.05) is 7.11 Å². The van der Waals surface area contributed by atoms with Crippen LogP contribution in [-0.4, -0.2) is 30.1 Å². The van der Waals surface area contributed by atoms with E-state index in [9.17, 15) is 14.7 Å². The van der Waals surface area contributed by atoms with E-state index < -0.39 is 24.0 Å². The molecule has 126 valence electrons. The lowest BCUT2D eigenvalue weighted by Gasteiger charge is -2.20. The van der Waals surface area contributed by atoms with Crippen LogP contribution >= 0.6 is 0 Å². The summed E-state index contributed by atoms with van der Waals surface area (Å²) in [5.41, 5.74) is 2.58. The third kappa shape index (κ3) is 4.67. The molecule has 0 radical (unpaired) electrons. The second-order valence-electron chi connectivity index (χ2n) is 5.62. The van der Waals surface area contributed by atoms with Crippen LogP contribution in [0.5, 0.6) is 0 Å². The summed E-state index contributed by atoms with van der Waals surface area (Å²) in [4.78, 5) is 24.0. The Hall–Kier alpha value is -2.66. The number of ether oxygens (including phenoxy) is 1. The van der Waals surface area contributed by atoms with E-state index in [1.165, 1.54) is 7.11 Å². The number of rotatable bonds is 7. The summed E-state index contributed by atoms with van der Waals surface area (Å²) in [5.74, 6) is -1.54. The van der Waals surface area contributed by atoms with Gasteiger partial charge in [-0.3, -0.25) is 4.79 Å². The van der Waals surface area contributed by atoms with Gasteiger partial charge in [-0.25, -0.2) is 4.79 Å². The molecule has 24 heavy (non-hydrogen) atoms. The molecule has 2 aromatic carbocycles. The molecule has 2 atom stereocenters. The van der Waals surface area contributed by atoms with Gasteiger partial charge in [0.2, 0.25) is 0 Å². The summed E-state index contributed by atoms with van der Waals surface area (Å²) >= 11 is 0. The molecule has 0 unspecified atom stereocenters. The molecule has 5 heteroatoms. The van der Waals surface area contributed by atoms with Crippen molar-refractivity contribution in [1.29, 1.82) is 0 Å². The standard InChI is InChI=1S/C19H21NO4/c1-13-7-6-8-14(11-13)12-16(19(22)23)20-18(21)17(24-2)15-9-4-3-5-10-15/h3-11,16-17H,12H2,1-2H3,(H,20,21)(H,22,23)/t16-,17+/m0/s1. The van der Waals surface area contributed by atoms with Gasteiger partial charge in [0.15, 0.2) is 6.10 Å². The second kappa shape index (κ2) is 8.26. The van der Waals surface area contributed by atoms with Gasteiger partial charge in [-0.05, 0) is 18.1 Å². The molecule has 5 nitrogen and oxygen atoms in total. The van der Waals surface area contributed by atoms with Crippen molar-refractivity contribution in [3.63, 3.8) is 0 Å². The van der Waals surface area contributed by atoms with Crippen LogP contribution in [0.1, 0.15) is 22.8 Å². The topological polar surface area (TPSA) is 75.6 Å². The summed E-state index contributed by atoms with van der Waals surface area (Å²) in [6, 6.07) is 15.5. The molecule has 0 aliphatic rings. The van der Waals surface area contributed by atoms with E-state index in [1.54, 1.807) is 24.3 Å². The fourth-order valence-electron chi connectivity index (χ4n) is 2.54. The molecule has 0 spiro atoms. The monoisotopic (exact) mass is 327 g/mol. The molecule has 2 N–H and O–H groups in total. The maximum atomic E-state index is 12.4. The largest absolute Gasteiger partial charge is 0.480 e. The number of carboxylic acids is 1. The van der Waals surface area contributed by atoms with Gasteiger partial charge in [-0.2, -0.15) is 0 Å². The van der Waals surface area contributed by atoms with Gasteiger partial charge in [-0.1, -0.05) is 60.2 Å². The maximum absolute atomic E-state index is 12.4. The van der Waals surface area contributed by atoms with Crippen molar-refractivity contribution < 1.29 is 19.4 Å². The van der Waals surface area contributed by atoms with E-state index in [0.29, 0.717) is 5.56 Å². The number of aliphatic carboxylic acids is 1. The lowest BCUT2D eigenvalue weighted by molar-refractivity contribution is -0.144. The SMILES string of the molecule is CO[C@@H](C(=O)N[C@@H](Cc1cccc(C)c1)C(=O)O)c1ccccc1. The summed E-state index contributed by atoms with van der Waals surface area (Å²) in [6.07, 6.45) is -0.626. The number of methoxy groups -OCH3 is 1. The van der Waals surface area contributed by atoms with Crippen molar-refractivity contribution >= 4 is 11.9 Å². The van der Waals surface area contributed by atoms with Gasteiger partial charge in [0, 0.05) is 13.5 Å². The second-order valence-corrected chi connectivity index (χ2v) is 5.62. The molecular weight excluding hydrogens is 306 g/mol. The first-order valence-electron chi connectivity index (χ1n) is 7.67. The highest BCUT2D eigenvalue weighted by Gasteiger charge is 2.26. The molecule has 0 bridgehead atoms. The Balaban J connectivity index is 2.11. The Morgan fingerprint density at radius 3 is 2.42 bits per heavy atom. The normalized spacial score (nSPS) is 13.1. The molecule has 0 fully saturated rings. The van der Waals surface area contributed by atoms with Gasteiger partial charge in [-0.15, -0.1) is 0 Å². The first-order chi connectivity index (χ1) is 11.5. The Labute approximate surface area is 141 Å². The van der Waals surface area contributed by atoms with E-state index in [4.69, 9.17) is 4.74 Å². The van der Waals surface area contributed by atoms with Crippen LogP contribution in [0, 0.1) is 6.92 Å². The van der Waals surface area contributed by atoms with Crippen LogP contribution in [0.15, 0.2) is 54.6 Å². The quantitative estimate of drug-likeness (QED) is 0.819. The van der Waals surface area contributed by atoms with Crippen molar-refractivity contribution in [1.82, 2.24) is 5.32 Å². The molecule has 2 aromatic rings. The zero-order valence-electron chi connectivity index (χ0n) is 13.7. The molecule has 0 saturated carbocycles. The van der Waals surface area contributed by atoms with E-state index in [-0.39, 0.29) is 6.42 Å². The van der Waals surface area contributed by atoms with E-state index in [0.717, 1.165) is 11.1 Å². The molecule has 0 saturated heterocycles. The lowest BCUT2D eigenvalue weighted by atomic mass is 10.0. The molecule has 0 aromatic heterocycles. The van der Waals surface area contributed by atoms with Crippen LogP contribution in [0.3, 0.4) is 0 Å². The van der Waals surface area contributed by atoms with E-state index in [1.807, 2.05) is 37.3 Å². The average Bonchev–Trinajstić information content (AvgIpc) is 2.56. The summed E-state index contributed by atoms with van der Waals surface area (Å²) in [6.45, 7) is 1.94. The van der Waals surface area contributed by atoms with Crippen LogP contribution in [0.25, 0.3) is 0 Å². The Morgan fingerprint density at radius 2 is 1.83 bits per heavy atom. The Kier molecular flexibility index (Phi) is 6.09. The minimum atomic E-state index is -1.08. The average molecular weight is 327 g/mol. The third-order valence-corrected chi connectivity index (χ3v) is 3.71. The van der Waals surface area contributed by atoms with Crippen LogP contribution in [-0.2, 0) is 20.7 Å². The Bertz CT molecular complexity index is 700.